The molecule has 0 amide bonds. The summed E-state index contributed by atoms with van der Waals surface area (Å²) in [5.41, 5.74) is 3.90. The van der Waals surface area contributed by atoms with Crippen molar-refractivity contribution in [1.82, 2.24) is 0 Å². The number of aryl methyl sites for hydroxylation is 1. The van der Waals surface area contributed by atoms with Crippen LogP contribution in [0.5, 0.6) is 5.75 Å². The molecule has 116 valence electrons. The molecule has 2 aromatic carbocycles. The molecule has 0 radical (unpaired) electrons. The Morgan fingerprint density at radius 1 is 1.13 bits per heavy atom. The van der Waals surface area contributed by atoms with Crippen LogP contribution in [0, 0.1) is 6.92 Å². The Labute approximate surface area is 141 Å². The molecule has 0 aliphatic heterocycles. The van der Waals surface area contributed by atoms with Gasteiger partial charge in [-0.25, -0.2) is 0 Å². The summed E-state index contributed by atoms with van der Waals surface area (Å²) in [5.74, 6) is -0.109. The third-order valence-electron chi connectivity index (χ3n) is 4.15. The zero-order chi connectivity index (χ0) is 16.4. The van der Waals surface area contributed by atoms with E-state index in [4.69, 9.17) is 12.2 Å². The maximum absolute atomic E-state index is 12.9. The number of carbonyl (C=O) groups excluding carboxylic acids is 1. The highest BCUT2D eigenvalue weighted by molar-refractivity contribution is 7.80. The number of phenols is 1. The highest BCUT2D eigenvalue weighted by Gasteiger charge is 2.31. The molecule has 3 rings (SSSR count). The summed E-state index contributed by atoms with van der Waals surface area (Å²) in [6.45, 7) is 2.04. The first-order chi connectivity index (χ1) is 11.0. The molecule has 0 saturated heterocycles. The molecule has 1 aliphatic carbocycles. The number of Topliss-reactive ketones (excluding diaryl/α,β-unsaturated/α-hetero) is 1. The molecule has 1 N–H and O–H groups in total. The normalized spacial score (nSPS) is 20.0. The van der Waals surface area contributed by atoms with Crippen molar-refractivity contribution in [3.63, 3.8) is 0 Å². The van der Waals surface area contributed by atoms with E-state index in [0.29, 0.717) is 6.42 Å². The summed E-state index contributed by atoms with van der Waals surface area (Å²) in [5, 5.41) is 9.43. The number of thiocarbonyl (C=S) groups is 1. The van der Waals surface area contributed by atoms with Crippen molar-refractivity contribution in [2.75, 3.05) is 0 Å². The van der Waals surface area contributed by atoms with Crippen LogP contribution >= 0.6 is 12.2 Å². The van der Waals surface area contributed by atoms with Gasteiger partial charge in [0.2, 0.25) is 0 Å². The third kappa shape index (κ3) is 3.40. The second-order valence-corrected chi connectivity index (χ2v) is 6.46. The molecule has 1 saturated carbocycles. The molecule has 0 spiro atoms. The highest BCUT2D eigenvalue weighted by atomic mass is 32.1. The number of allylic oxidation sites excluding steroid dienone is 1. The molecule has 2 aromatic rings. The number of ketones is 1. The minimum atomic E-state index is -0.379. The summed E-state index contributed by atoms with van der Waals surface area (Å²) < 4.78 is 0. The Kier molecular flexibility index (Phi) is 4.39. The van der Waals surface area contributed by atoms with Gasteiger partial charge in [-0.05, 0) is 54.7 Å². The first-order valence-corrected chi connectivity index (χ1v) is 8.08. The van der Waals surface area contributed by atoms with E-state index in [2.05, 4.69) is 6.07 Å². The van der Waals surface area contributed by atoms with Gasteiger partial charge < -0.3 is 5.11 Å². The monoisotopic (exact) mass is 322 g/mol. The van der Waals surface area contributed by atoms with Crippen LogP contribution < -0.4 is 0 Å². The molecule has 23 heavy (non-hydrogen) atoms. The Morgan fingerprint density at radius 2 is 1.87 bits per heavy atom. The lowest BCUT2D eigenvalue weighted by molar-refractivity contribution is -0.115. The summed E-state index contributed by atoms with van der Waals surface area (Å²) in [6.07, 6.45) is 3.41. The van der Waals surface area contributed by atoms with Crippen LogP contribution in [-0.4, -0.2) is 15.8 Å². The lowest BCUT2D eigenvalue weighted by Gasteiger charge is -2.24. The van der Waals surface area contributed by atoms with Gasteiger partial charge in [-0.15, -0.1) is 0 Å². The van der Waals surface area contributed by atoms with E-state index in [1.807, 2.05) is 31.2 Å². The number of carbonyl (C=O) groups is 1. The number of benzene rings is 2. The maximum atomic E-state index is 12.9. The van der Waals surface area contributed by atoms with Gasteiger partial charge in [-0.3, -0.25) is 4.79 Å². The molecule has 0 bridgehead atoms. The van der Waals surface area contributed by atoms with Crippen molar-refractivity contribution >= 4 is 28.9 Å². The highest BCUT2D eigenvalue weighted by Crippen LogP contribution is 2.33. The van der Waals surface area contributed by atoms with E-state index in [-0.39, 0.29) is 17.5 Å². The van der Waals surface area contributed by atoms with Crippen molar-refractivity contribution in [1.29, 1.82) is 0 Å². The predicted molar refractivity (Wildman–Crippen MR) is 96.8 cm³/mol. The minimum Gasteiger partial charge on any atom is -0.508 e. The van der Waals surface area contributed by atoms with Crippen LogP contribution in [0.25, 0.3) is 6.08 Å². The number of aromatic hydroxyl groups is 1. The van der Waals surface area contributed by atoms with E-state index in [9.17, 15) is 9.90 Å². The first kappa shape index (κ1) is 15.6. The van der Waals surface area contributed by atoms with Gasteiger partial charge in [-0.1, -0.05) is 54.2 Å². The Hall–Kier alpha value is -2.26. The minimum absolute atomic E-state index is 0.0773. The van der Waals surface area contributed by atoms with E-state index in [1.165, 1.54) is 5.56 Å². The largest absolute Gasteiger partial charge is 0.508 e. The van der Waals surface area contributed by atoms with Gasteiger partial charge in [0, 0.05) is 4.86 Å². The van der Waals surface area contributed by atoms with Crippen LogP contribution in [0.2, 0.25) is 0 Å². The van der Waals surface area contributed by atoms with E-state index in [1.54, 1.807) is 24.3 Å². The smallest absolute Gasteiger partial charge is 0.171 e. The lowest BCUT2D eigenvalue weighted by atomic mass is 9.79. The van der Waals surface area contributed by atoms with Gasteiger partial charge in [0.25, 0.3) is 0 Å². The van der Waals surface area contributed by atoms with Crippen LogP contribution in [0.1, 0.15) is 35.4 Å². The summed E-state index contributed by atoms with van der Waals surface area (Å²) in [4.78, 5) is 13.7. The summed E-state index contributed by atoms with van der Waals surface area (Å²) in [6, 6.07) is 14.9. The van der Waals surface area contributed by atoms with E-state index < -0.39 is 0 Å². The number of hydrogen-bond acceptors (Lipinski definition) is 3. The maximum Gasteiger partial charge on any atom is 0.171 e. The Balaban J connectivity index is 1.94. The summed E-state index contributed by atoms with van der Waals surface area (Å²) in [7, 11) is 0. The molecule has 0 heterocycles. The summed E-state index contributed by atoms with van der Waals surface area (Å²) >= 11 is 5.45. The number of hydrogen-bond donors (Lipinski definition) is 1. The molecule has 3 heteroatoms. The SMILES string of the molecule is Cc1cccc(/C=C2\CCC(=S)C(c3ccc(O)cc3)C2=O)c1. The van der Waals surface area contributed by atoms with Gasteiger partial charge in [0.15, 0.2) is 5.78 Å². The Bertz CT molecular complexity index is 788. The van der Waals surface area contributed by atoms with E-state index >= 15 is 0 Å². The average molecular weight is 322 g/mol. The second-order valence-electron chi connectivity index (χ2n) is 5.94. The number of phenolic OH excluding ortho intramolecular Hbond substituents is 1. The van der Waals surface area contributed by atoms with Gasteiger partial charge in [0.1, 0.15) is 5.75 Å². The van der Waals surface area contributed by atoms with Gasteiger partial charge in [0.05, 0.1) is 5.92 Å². The molecule has 1 fully saturated rings. The van der Waals surface area contributed by atoms with Crippen LogP contribution in [0.15, 0.2) is 54.1 Å². The van der Waals surface area contributed by atoms with Crippen molar-refractivity contribution in [3.8, 4) is 5.75 Å². The van der Waals surface area contributed by atoms with Crippen molar-refractivity contribution in [3.05, 3.63) is 70.8 Å². The molecule has 1 aliphatic rings. The first-order valence-electron chi connectivity index (χ1n) is 7.68. The fourth-order valence-corrected chi connectivity index (χ4v) is 3.31. The van der Waals surface area contributed by atoms with Gasteiger partial charge in [-0.2, -0.15) is 0 Å². The molecule has 2 nitrogen and oxygen atoms in total. The fourth-order valence-electron chi connectivity index (χ4n) is 2.97. The van der Waals surface area contributed by atoms with Crippen LogP contribution in [0.4, 0.5) is 0 Å². The lowest BCUT2D eigenvalue weighted by Crippen LogP contribution is -2.27. The standard InChI is InChI=1S/C20H18O2S/c1-13-3-2-4-14(11-13)12-16-7-10-18(23)19(20(16)22)15-5-8-17(21)9-6-15/h2-6,8-9,11-12,19,21H,7,10H2,1H3/b16-12+. The zero-order valence-electron chi connectivity index (χ0n) is 13.0. The Morgan fingerprint density at radius 3 is 2.57 bits per heavy atom. The van der Waals surface area contributed by atoms with Crippen LogP contribution in [0.3, 0.4) is 0 Å². The fraction of sp³-hybridized carbons (Fsp3) is 0.200. The molecular weight excluding hydrogens is 304 g/mol. The molecule has 1 atom stereocenters. The molecule has 0 aromatic heterocycles. The predicted octanol–water partition coefficient (Wildman–Crippen LogP) is 4.60. The zero-order valence-corrected chi connectivity index (χ0v) is 13.8. The van der Waals surface area contributed by atoms with Gasteiger partial charge >= 0.3 is 0 Å². The van der Waals surface area contributed by atoms with Crippen molar-refractivity contribution in [2.24, 2.45) is 0 Å². The van der Waals surface area contributed by atoms with E-state index in [0.717, 1.165) is 28.0 Å². The quantitative estimate of drug-likeness (QED) is 0.648. The topological polar surface area (TPSA) is 37.3 Å². The molecular formula is C20H18O2S. The average Bonchev–Trinajstić information content (AvgIpc) is 2.52. The van der Waals surface area contributed by atoms with Crippen LogP contribution in [-0.2, 0) is 4.79 Å². The van der Waals surface area contributed by atoms with Crippen molar-refractivity contribution < 1.29 is 9.90 Å². The van der Waals surface area contributed by atoms with Crippen molar-refractivity contribution in [2.45, 2.75) is 25.7 Å². The molecule has 1 unspecified atom stereocenters. The number of rotatable bonds is 2. The third-order valence-corrected chi connectivity index (χ3v) is 4.59. The second kappa shape index (κ2) is 6.47.